The molecule has 1 spiro atoms. The SMILES string of the molecule is CO[C@H]1/C=C/C[C@H](C)[C@@H](C[C@@H]2CCCO2)S(=O)(=O)NC(=O)c2ccc3c(c2)N(C[C@@H]2CC[C@H]21)C[C@@]1(CCCc2cc(Cl)ccc21)CO3. The van der Waals surface area contributed by atoms with Crippen LogP contribution in [0.2, 0.25) is 5.02 Å². The van der Waals surface area contributed by atoms with Crippen LogP contribution in [0.15, 0.2) is 48.6 Å². The zero-order chi connectivity index (χ0) is 32.8. The number of carbonyl (C=O) groups excluding carboxylic acids is 1. The Morgan fingerprint density at radius 2 is 2.00 bits per heavy atom. The minimum absolute atomic E-state index is 0.0534. The fraction of sp³-hybridized carbons (Fsp3) is 0.595. The number of methoxy groups -OCH3 is 1. The number of fused-ring (bicyclic) bond motifs is 4. The van der Waals surface area contributed by atoms with Crippen molar-refractivity contribution in [3.63, 3.8) is 0 Å². The molecule has 3 heterocycles. The van der Waals surface area contributed by atoms with Crippen LogP contribution in [0.1, 0.15) is 79.8 Å². The lowest BCUT2D eigenvalue weighted by Crippen LogP contribution is -2.49. The smallest absolute Gasteiger partial charge is 0.264 e. The van der Waals surface area contributed by atoms with Crippen LogP contribution in [0, 0.1) is 17.8 Å². The van der Waals surface area contributed by atoms with Gasteiger partial charge in [-0.1, -0.05) is 36.7 Å². The summed E-state index contributed by atoms with van der Waals surface area (Å²) < 4.78 is 48.9. The lowest BCUT2D eigenvalue weighted by atomic mass is 9.68. The van der Waals surface area contributed by atoms with Crippen molar-refractivity contribution in [1.29, 1.82) is 0 Å². The molecule has 2 aromatic carbocycles. The van der Waals surface area contributed by atoms with E-state index in [2.05, 4.69) is 33.9 Å². The number of rotatable bonds is 3. The number of hydrogen-bond donors (Lipinski definition) is 1. The molecule has 3 aliphatic heterocycles. The first kappa shape index (κ1) is 32.9. The van der Waals surface area contributed by atoms with E-state index in [4.69, 9.17) is 25.8 Å². The van der Waals surface area contributed by atoms with Crippen molar-refractivity contribution < 1.29 is 27.4 Å². The van der Waals surface area contributed by atoms with Crippen LogP contribution in [-0.4, -0.2) is 65.2 Å². The normalized spacial score (nSPS) is 34.3. The van der Waals surface area contributed by atoms with Gasteiger partial charge in [-0.15, -0.1) is 0 Å². The minimum atomic E-state index is -4.01. The summed E-state index contributed by atoms with van der Waals surface area (Å²) in [6.07, 6.45) is 11.9. The van der Waals surface area contributed by atoms with Crippen molar-refractivity contribution in [3.8, 4) is 5.75 Å². The number of carbonyl (C=O) groups is 1. The van der Waals surface area contributed by atoms with E-state index in [0.29, 0.717) is 49.2 Å². The molecule has 0 radical (unpaired) electrons. The second-order valence-corrected chi connectivity index (χ2v) is 16.9. The Morgan fingerprint density at radius 3 is 2.77 bits per heavy atom. The van der Waals surface area contributed by atoms with E-state index < -0.39 is 21.2 Å². The molecule has 1 saturated heterocycles. The van der Waals surface area contributed by atoms with Gasteiger partial charge in [0.1, 0.15) is 5.75 Å². The van der Waals surface area contributed by atoms with Crippen LogP contribution in [0.4, 0.5) is 5.69 Å². The molecule has 1 N–H and O–H groups in total. The van der Waals surface area contributed by atoms with E-state index in [1.165, 1.54) is 11.1 Å². The average molecular weight is 683 g/mol. The molecule has 5 aliphatic rings. The van der Waals surface area contributed by atoms with Gasteiger partial charge in [-0.05, 0) is 117 Å². The number of aryl methyl sites for hydroxylation is 1. The van der Waals surface area contributed by atoms with Gasteiger partial charge < -0.3 is 19.1 Å². The van der Waals surface area contributed by atoms with Gasteiger partial charge in [0.05, 0.1) is 29.8 Å². The Kier molecular flexibility index (Phi) is 9.37. The average Bonchev–Trinajstić information content (AvgIpc) is 3.51. The summed E-state index contributed by atoms with van der Waals surface area (Å²) in [6, 6.07) is 11.6. The molecule has 10 heteroatoms. The summed E-state index contributed by atoms with van der Waals surface area (Å²) in [6.45, 7) is 4.64. The maximum absolute atomic E-state index is 13.9. The Balaban J connectivity index is 1.28. The molecule has 8 nitrogen and oxygen atoms in total. The molecule has 2 bridgehead atoms. The van der Waals surface area contributed by atoms with Gasteiger partial charge >= 0.3 is 0 Å². The van der Waals surface area contributed by atoms with Gasteiger partial charge in [-0.3, -0.25) is 4.79 Å². The Labute approximate surface area is 284 Å². The van der Waals surface area contributed by atoms with Gasteiger partial charge in [0.25, 0.3) is 5.91 Å². The van der Waals surface area contributed by atoms with E-state index in [1.54, 1.807) is 13.2 Å². The Bertz CT molecular complexity index is 1620. The number of allylic oxidation sites excluding steroid dienone is 1. The predicted molar refractivity (Wildman–Crippen MR) is 184 cm³/mol. The van der Waals surface area contributed by atoms with Gasteiger partial charge in [0.2, 0.25) is 10.0 Å². The molecule has 1 saturated carbocycles. The largest absolute Gasteiger partial charge is 0.490 e. The summed E-state index contributed by atoms with van der Waals surface area (Å²) in [5.74, 6) is 0.628. The number of nitrogens with one attached hydrogen (secondary N) is 1. The summed E-state index contributed by atoms with van der Waals surface area (Å²) in [4.78, 5) is 16.2. The van der Waals surface area contributed by atoms with E-state index in [0.717, 1.165) is 68.7 Å². The standard InChI is InChI=1S/C37H47ClN2O6S/c1-24-6-3-9-33(44-2)30-13-10-27(30)21-40-22-37(16-4-7-25-18-28(38)12-14-31(25)37)23-46-34-15-11-26(19-32(34)40)36(41)39-47(42,43)35(24)20-29-8-5-17-45-29/h3,9,11-12,14-15,18-19,24,27,29-30,33,35H,4-8,10,13,16-17,20-23H2,1-2H3,(H,39,41)/b9-3+/t24-,27-,29-,30+,33-,35+,37-/m0/s1. The lowest BCUT2D eigenvalue weighted by molar-refractivity contribution is 0.0131. The molecule has 2 aromatic rings. The summed E-state index contributed by atoms with van der Waals surface area (Å²) in [7, 11) is -2.24. The molecule has 2 fully saturated rings. The Morgan fingerprint density at radius 1 is 1.13 bits per heavy atom. The molecule has 47 heavy (non-hydrogen) atoms. The zero-order valence-electron chi connectivity index (χ0n) is 27.5. The summed E-state index contributed by atoms with van der Waals surface area (Å²) >= 11 is 6.44. The van der Waals surface area contributed by atoms with Crippen LogP contribution in [-0.2, 0) is 31.3 Å². The third-order valence-electron chi connectivity index (χ3n) is 11.5. The van der Waals surface area contributed by atoms with Crippen molar-refractivity contribution in [2.45, 2.75) is 87.6 Å². The van der Waals surface area contributed by atoms with Crippen LogP contribution in [0.3, 0.4) is 0 Å². The fourth-order valence-corrected chi connectivity index (χ4v) is 10.7. The maximum atomic E-state index is 13.9. The van der Waals surface area contributed by atoms with Crippen molar-refractivity contribution in [2.24, 2.45) is 17.8 Å². The maximum Gasteiger partial charge on any atom is 0.264 e. The fourth-order valence-electron chi connectivity index (χ4n) is 8.79. The van der Waals surface area contributed by atoms with Gasteiger partial charge in [0, 0.05) is 42.8 Å². The minimum Gasteiger partial charge on any atom is -0.490 e. The Hall–Kier alpha value is -2.59. The van der Waals surface area contributed by atoms with Gasteiger partial charge in [-0.25, -0.2) is 13.1 Å². The van der Waals surface area contributed by atoms with E-state index in [-0.39, 0.29) is 23.5 Å². The van der Waals surface area contributed by atoms with Gasteiger partial charge in [0.15, 0.2) is 0 Å². The molecule has 1 amide bonds. The molecule has 0 aromatic heterocycles. The van der Waals surface area contributed by atoms with E-state index in [1.807, 2.05) is 25.1 Å². The first-order chi connectivity index (χ1) is 22.7. The molecular weight excluding hydrogens is 636 g/mol. The van der Waals surface area contributed by atoms with Gasteiger partial charge in [-0.2, -0.15) is 0 Å². The molecule has 7 atom stereocenters. The second kappa shape index (κ2) is 13.4. The van der Waals surface area contributed by atoms with Crippen molar-refractivity contribution >= 4 is 33.2 Å². The van der Waals surface area contributed by atoms with Crippen LogP contribution in [0.5, 0.6) is 5.75 Å². The predicted octanol–water partition coefficient (Wildman–Crippen LogP) is 6.45. The van der Waals surface area contributed by atoms with Crippen LogP contribution >= 0.6 is 11.6 Å². The zero-order valence-corrected chi connectivity index (χ0v) is 29.0. The topological polar surface area (TPSA) is 94.2 Å². The number of nitrogens with zero attached hydrogens (tertiary/aromatic N) is 1. The highest BCUT2D eigenvalue weighted by Gasteiger charge is 2.45. The number of hydrogen-bond acceptors (Lipinski definition) is 7. The van der Waals surface area contributed by atoms with E-state index in [9.17, 15) is 13.2 Å². The number of halogens is 1. The highest BCUT2D eigenvalue weighted by atomic mass is 35.5. The van der Waals surface area contributed by atoms with Crippen molar-refractivity contribution in [3.05, 3.63) is 70.3 Å². The highest BCUT2D eigenvalue weighted by molar-refractivity contribution is 7.90. The number of sulfonamides is 1. The van der Waals surface area contributed by atoms with Crippen LogP contribution < -0.4 is 14.4 Å². The quantitative estimate of drug-likeness (QED) is 0.372. The van der Waals surface area contributed by atoms with Crippen molar-refractivity contribution in [1.82, 2.24) is 4.72 Å². The van der Waals surface area contributed by atoms with E-state index >= 15 is 0 Å². The summed E-state index contributed by atoms with van der Waals surface area (Å²) in [5.41, 5.74) is 3.46. The molecule has 0 unspecified atom stereocenters. The number of anilines is 1. The molecule has 2 aliphatic carbocycles. The number of ether oxygens (including phenoxy) is 3. The third-order valence-corrected chi connectivity index (χ3v) is 13.7. The first-order valence-corrected chi connectivity index (χ1v) is 19.3. The second-order valence-electron chi connectivity index (χ2n) is 14.5. The highest BCUT2D eigenvalue weighted by Crippen LogP contribution is 2.47. The molecule has 7 rings (SSSR count). The molecular formula is C37H47ClN2O6S. The van der Waals surface area contributed by atoms with Crippen molar-refractivity contribution in [2.75, 3.05) is 38.3 Å². The third kappa shape index (κ3) is 6.57. The first-order valence-electron chi connectivity index (χ1n) is 17.3. The summed E-state index contributed by atoms with van der Waals surface area (Å²) in [5, 5.41) is -0.0254. The number of benzene rings is 2. The van der Waals surface area contributed by atoms with Crippen LogP contribution in [0.25, 0.3) is 0 Å². The lowest BCUT2D eigenvalue weighted by Gasteiger charge is -2.46. The monoisotopic (exact) mass is 682 g/mol. The molecule has 254 valence electrons. The number of amides is 1.